The number of hydrogen-bond donors (Lipinski definition) is 0. The van der Waals surface area contributed by atoms with Crippen LogP contribution in [0.25, 0.3) is 11.0 Å². The third kappa shape index (κ3) is 2.35. The summed E-state index contributed by atoms with van der Waals surface area (Å²) >= 11 is 3.66. The summed E-state index contributed by atoms with van der Waals surface area (Å²) in [6.45, 7) is 4.36. The zero-order valence-corrected chi connectivity index (χ0v) is 9.02. The van der Waals surface area contributed by atoms with E-state index in [2.05, 4.69) is 42.1 Å². The number of allylic oxidation sites excluding steroid dienone is 1. The molecule has 1 aromatic heterocycles. The molecule has 2 rings (SSSR count). The van der Waals surface area contributed by atoms with Crippen LogP contribution in [-0.4, -0.2) is 15.0 Å². The van der Waals surface area contributed by atoms with Crippen LogP contribution in [0, 0.1) is 0 Å². The van der Waals surface area contributed by atoms with E-state index in [-0.39, 0.29) is 0 Å². The summed E-state index contributed by atoms with van der Waals surface area (Å²) in [6.07, 6.45) is 1.81. The monoisotopic (exact) mass is 257 g/mol. The van der Waals surface area contributed by atoms with Crippen molar-refractivity contribution in [2.24, 2.45) is 0 Å². The summed E-state index contributed by atoms with van der Waals surface area (Å²) in [5.41, 5.74) is 1.98. The van der Waals surface area contributed by atoms with Crippen LogP contribution in [0.2, 0.25) is 0 Å². The number of para-hydroxylation sites is 1. The Labute approximate surface area is 94.8 Å². The normalized spacial score (nSPS) is 9.36. The molecule has 0 saturated heterocycles. The van der Waals surface area contributed by atoms with Gasteiger partial charge >= 0.3 is 25.2 Å². The standard InChI is InChI=1S/C9H9N3.ClH.Cu/c1-2-7-12-9-6-4-3-5-8(9)10-11-12;;/h2-6H,1,7H2;1H;/q;;+1/p-1. The molecule has 1 aromatic carbocycles. The predicted octanol–water partition coefficient (Wildman–Crippen LogP) is 2.30. The van der Waals surface area contributed by atoms with Crippen molar-refractivity contribution in [1.82, 2.24) is 15.0 Å². The van der Waals surface area contributed by atoms with E-state index >= 15 is 0 Å². The van der Waals surface area contributed by atoms with Gasteiger partial charge in [-0.1, -0.05) is 23.4 Å². The van der Waals surface area contributed by atoms with Gasteiger partial charge < -0.3 is 0 Å². The number of aromatic nitrogens is 3. The van der Waals surface area contributed by atoms with E-state index in [0.717, 1.165) is 11.0 Å². The van der Waals surface area contributed by atoms with E-state index in [1.54, 1.807) is 6.08 Å². The Kier molecular flexibility index (Phi) is 4.66. The van der Waals surface area contributed by atoms with Crippen molar-refractivity contribution < 1.29 is 15.1 Å². The zero-order valence-electron chi connectivity index (χ0n) is 7.32. The quantitative estimate of drug-likeness (QED) is 0.611. The minimum absolute atomic E-state index is 0.709. The van der Waals surface area contributed by atoms with Gasteiger partial charge in [0.05, 0.1) is 12.1 Å². The van der Waals surface area contributed by atoms with E-state index in [0.29, 0.717) is 6.54 Å². The Morgan fingerprint density at radius 1 is 1.43 bits per heavy atom. The predicted molar refractivity (Wildman–Crippen MR) is 53.6 cm³/mol. The molecule has 78 valence electrons. The second-order valence-electron chi connectivity index (χ2n) is 2.55. The van der Waals surface area contributed by atoms with Gasteiger partial charge in [-0.05, 0) is 12.1 Å². The third-order valence-corrected chi connectivity index (χ3v) is 1.72. The Morgan fingerprint density at radius 2 is 2.14 bits per heavy atom. The van der Waals surface area contributed by atoms with Gasteiger partial charge in [0, 0.05) is 0 Å². The Morgan fingerprint density at radius 3 is 2.86 bits per heavy atom. The van der Waals surface area contributed by atoms with Crippen molar-refractivity contribution in [3.63, 3.8) is 0 Å². The first kappa shape index (κ1) is 11.2. The van der Waals surface area contributed by atoms with Crippen LogP contribution in [0.1, 0.15) is 0 Å². The summed E-state index contributed by atoms with van der Waals surface area (Å²) in [4.78, 5) is 0. The molecule has 0 aliphatic heterocycles. The molecule has 2 aromatic rings. The molecule has 0 bridgehead atoms. The van der Waals surface area contributed by atoms with Crippen LogP contribution in [-0.2, 0) is 21.6 Å². The molecule has 3 nitrogen and oxygen atoms in total. The van der Waals surface area contributed by atoms with Crippen molar-refractivity contribution in [1.29, 1.82) is 0 Å². The molecular formula is C9H9ClCuN3. The second-order valence-corrected chi connectivity index (χ2v) is 2.55. The summed E-state index contributed by atoms with van der Waals surface area (Å²) < 4.78 is 1.82. The average Bonchev–Trinajstić information content (AvgIpc) is 2.66. The topological polar surface area (TPSA) is 30.7 Å². The Bertz CT molecular complexity index is 413. The van der Waals surface area contributed by atoms with E-state index in [9.17, 15) is 0 Å². The first-order chi connectivity index (χ1) is 6.92. The molecule has 0 unspecified atom stereocenters. The van der Waals surface area contributed by atoms with Crippen LogP contribution in [0.5, 0.6) is 0 Å². The summed E-state index contributed by atoms with van der Waals surface area (Å²) in [6, 6.07) is 7.88. The van der Waals surface area contributed by atoms with E-state index in [4.69, 9.17) is 0 Å². The van der Waals surface area contributed by atoms with Crippen LogP contribution >= 0.6 is 10.1 Å². The first-order valence-corrected chi connectivity index (χ1v) is 5.22. The van der Waals surface area contributed by atoms with Crippen molar-refractivity contribution in [2.75, 3.05) is 0 Å². The molecule has 5 heteroatoms. The third-order valence-electron chi connectivity index (χ3n) is 1.72. The van der Waals surface area contributed by atoms with Crippen LogP contribution in [0.15, 0.2) is 36.9 Å². The molecule has 0 spiro atoms. The molecule has 0 radical (unpaired) electrons. The van der Waals surface area contributed by atoms with Crippen molar-refractivity contribution in [3.8, 4) is 0 Å². The van der Waals surface area contributed by atoms with Crippen LogP contribution < -0.4 is 0 Å². The number of benzene rings is 1. The van der Waals surface area contributed by atoms with Gasteiger partial charge in [0.15, 0.2) is 0 Å². The fourth-order valence-electron chi connectivity index (χ4n) is 1.17. The maximum atomic E-state index is 4.20. The van der Waals surface area contributed by atoms with E-state index in [1.165, 1.54) is 0 Å². The van der Waals surface area contributed by atoms with Gasteiger partial charge in [0.25, 0.3) is 0 Å². The Balaban J connectivity index is 0.000000461. The summed E-state index contributed by atoms with van der Waals surface area (Å²) in [5.74, 6) is 0. The van der Waals surface area contributed by atoms with Crippen molar-refractivity contribution >= 4 is 21.1 Å². The molecule has 1 heterocycles. The summed E-state index contributed by atoms with van der Waals surface area (Å²) in [5, 5.41) is 7.98. The molecule has 0 aliphatic rings. The zero-order chi connectivity index (χ0) is 10.4. The van der Waals surface area contributed by atoms with Crippen LogP contribution in [0.3, 0.4) is 0 Å². The number of halogens is 1. The number of nitrogens with zero attached hydrogens (tertiary/aromatic N) is 3. The second kappa shape index (κ2) is 5.81. The minimum atomic E-state index is 0.709. The van der Waals surface area contributed by atoms with Gasteiger partial charge in [-0.2, -0.15) is 0 Å². The summed E-state index contributed by atoms with van der Waals surface area (Å²) in [7, 11) is 4.20. The molecule has 0 N–H and O–H groups in total. The van der Waals surface area contributed by atoms with Crippen molar-refractivity contribution in [3.05, 3.63) is 36.9 Å². The number of rotatable bonds is 2. The van der Waals surface area contributed by atoms with E-state index < -0.39 is 0 Å². The van der Waals surface area contributed by atoms with Gasteiger partial charge in [-0.25, -0.2) is 4.68 Å². The molecular weight excluding hydrogens is 249 g/mol. The maximum absolute atomic E-state index is 4.20. The number of fused-ring (bicyclic) bond motifs is 1. The Hall–Kier alpha value is -0.831. The molecule has 0 fully saturated rings. The SMILES string of the molecule is C=CCn1nnc2ccccc21.[Cl][Cu]. The average molecular weight is 258 g/mol. The van der Waals surface area contributed by atoms with Gasteiger partial charge in [0.1, 0.15) is 5.52 Å². The number of hydrogen-bond acceptors (Lipinski definition) is 2. The molecule has 0 aliphatic carbocycles. The fraction of sp³-hybridized carbons (Fsp3) is 0.111. The van der Waals surface area contributed by atoms with Crippen LogP contribution in [0.4, 0.5) is 0 Å². The van der Waals surface area contributed by atoms with E-state index in [1.807, 2.05) is 28.9 Å². The van der Waals surface area contributed by atoms with Crippen molar-refractivity contribution in [2.45, 2.75) is 6.54 Å². The van der Waals surface area contributed by atoms with Gasteiger partial charge in [-0.15, -0.1) is 11.7 Å². The van der Waals surface area contributed by atoms with Gasteiger partial charge in [0.2, 0.25) is 0 Å². The van der Waals surface area contributed by atoms with Gasteiger partial charge in [-0.3, -0.25) is 0 Å². The molecule has 0 amide bonds. The molecule has 0 atom stereocenters. The fourth-order valence-corrected chi connectivity index (χ4v) is 1.17. The molecule has 0 saturated carbocycles. The molecule has 14 heavy (non-hydrogen) atoms. The first-order valence-electron chi connectivity index (χ1n) is 3.92.